The number of hydrogen-bond acceptors (Lipinski definition) is 3. The summed E-state index contributed by atoms with van der Waals surface area (Å²) in [6.07, 6.45) is 0. The van der Waals surface area contributed by atoms with E-state index < -0.39 is 6.04 Å². The Morgan fingerprint density at radius 1 is 1.16 bits per heavy atom. The Morgan fingerprint density at radius 2 is 1.89 bits per heavy atom. The van der Waals surface area contributed by atoms with Crippen molar-refractivity contribution < 1.29 is 9.13 Å². The Hall–Kier alpha value is -1.43. The molecule has 3 N–H and O–H groups in total. The molecule has 0 aliphatic carbocycles. The predicted molar refractivity (Wildman–Crippen MR) is 76.1 cm³/mol. The van der Waals surface area contributed by atoms with Gasteiger partial charge in [-0.2, -0.15) is 0 Å². The van der Waals surface area contributed by atoms with Crippen LogP contribution in [0.15, 0.2) is 53.0 Å². The summed E-state index contributed by atoms with van der Waals surface area (Å²) >= 11 is 3.16. The van der Waals surface area contributed by atoms with Gasteiger partial charge in [-0.25, -0.2) is 9.82 Å². The van der Waals surface area contributed by atoms with Crippen LogP contribution in [0.25, 0.3) is 0 Å². The lowest BCUT2D eigenvalue weighted by atomic mass is 10.1. The largest absolute Gasteiger partial charge is 0.492 e. The standard InChI is InChI=1S/C14H14BrFN2O/c15-12-8-4-7-11(14(12)16)13(18-17)9-19-10-5-2-1-3-6-10/h1-8,13,18H,9,17H2. The van der Waals surface area contributed by atoms with Crippen molar-refractivity contribution in [1.29, 1.82) is 0 Å². The molecule has 0 amide bonds. The Labute approximate surface area is 119 Å². The highest BCUT2D eigenvalue weighted by Gasteiger charge is 2.16. The van der Waals surface area contributed by atoms with Gasteiger partial charge in [0, 0.05) is 5.56 Å². The first-order valence-electron chi connectivity index (χ1n) is 5.80. The molecule has 1 unspecified atom stereocenters. The Balaban J connectivity index is 2.10. The molecule has 0 saturated heterocycles. The summed E-state index contributed by atoms with van der Waals surface area (Å²) in [5.41, 5.74) is 3.04. The number of nitrogens with two attached hydrogens (primary N) is 1. The van der Waals surface area contributed by atoms with Crippen molar-refractivity contribution in [2.45, 2.75) is 6.04 Å². The number of ether oxygens (including phenoxy) is 1. The Morgan fingerprint density at radius 3 is 2.58 bits per heavy atom. The summed E-state index contributed by atoms with van der Waals surface area (Å²) in [7, 11) is 0. The number of hydrogen-bond donors (Lipinski definition) is 2. The summed E-state index contributed by atoms with van der Waals surface area (Å²) in [6.45, 7) is 0.244. The molecule has 0 aliphatic heterocycles. The van der Waals surface area contributed by atoms with Gasteiger partial charge >= 0.3 is 0 Å². The summed E-state index contributed by atoms with van der Waals surface area (Å²) in [5.74, 6) is 5.87. The van der Waals surface area contributed by atoms with E-state index in [1.54, 1.807) is 18.2 Å². The van der Waals surface area contributed by atoms with E-state index >= 15 is 0 Å². The number of para-hydroxylation sites is 1. The fourth-order valence-corrected chi connectivity index (χ4v) is 2.10. The molecule has 0 spiro atoms. The second-order valence-electron chi connectivity index (χ2n) is 3.99. The van der Waals surface area contributed by atoms with Crippen molar-refractivity contribution in [3.05, 3.63) is 64.4 Å². The minimum Gasteiger partial charge on any atom is -0.492 e. The minimum absolute atomic E-state index is 0.244. The van der Waals surface area contributed by atoms with E-state index in [0.29, 0.717) is 10.0 Å². The van der Waals surface area contributed by atoms with Gasteiger partial charge < -0.3 is 4.74 Å². The predicted octanol–water partition coefficient (Wildman–Crippen LogP) is 3.17. The van der Waals surface area contributed by atoms with Crippen LogP contribution in [0.1, 0.15) is 11.6 Å². The smallest absolute Gasteiger partial charge is 0.142 e. The van der Waals surface area contributed by atoms with Crippen molar-refractivity contribution in [2.75, 3.05) is 6.61 Å². The zero-order valence-electron chi connectivity index (χ0n) is 10.1. The highest BCUT2D eigenvalue weighted by molar-refractivity contribution is 9.10. The lowest BCUT2D eigenvalue weighted by molar-refractivity contribution is 0.264. The molecule has 0 fully saturated rings. The third kappa shape index (κ3) is 3.53. The van der Waals surface area contributed by atoms with Gasteiger partial charge in [-0.1, -0.05) is 30.3 Å². The second kappa shape index (κ2) is 6.65. The molecule has 1 atom stereocenters. The molecule has 100 valence electrons. The van der Waals surface area contributed by atoms with Crippen molar-refractivity contribution in [3.63, 3.8) is 0 Å². The van der Waals surface area contributed by atoms with Gasteiger partial charge in [-0.05, 0) is 34.1 Å². The van der Waals surface area contributed by atoms with Crippen LogP contribution in [0.4, 0.5) is 4.39 Å². The fraction of sp³-hybridized carbons (Fsp3) is 0.143. The monoisotopic (exact) mass is 324 g/mol. The third-order valence-electron chi connectivity index (χ3n) is 2.72. The van der Waals surface area contributed by atoms with E-state index in [0.717, 1.165) is 5.75 Å². The average molecular weight is 325 g/mol. The Bertz CT molecular complexity index is 536. The van der Waals surface area contributed by atoms with Crippen LogP contribution in [0, 0.1) is 5.82 Å². The van der Waals surface area contributed by atoms with Crippen LogP contribution >= 0.6 is 15.9 Å². The average Bonchev–Trinajstić information content (AvgIpc) is 2.45. The second-order valence-corrected chi connectivity index (χ2v) is 4.84. The fourth-order valence-electron chi connectivity index (χ4n) is 1.71. The molecule has 0 heterocycles. The van der Waals surface area contributed by atoms with Crippen molar-refractivity contribution >= 4 is 15.9 Å². The van der Waals surface area contributed by atoms with Gasteiger partial charge in [0.1, 0.15) is 18.2 Å². The molecule has 2 rings (SSSR count). The van der Waals surface area contributed by atoms with E-state index in [1.807, 2.05) is 30.3 Å². The van der Waals surface area contributed by atoms with Gasteiger partial charge in [0.25, 0.3) is 0 Å². The molecule has 2 aromatic carbocycles. The zero-order chi connectivity index (χ0) is 13.7. The van der Waals surface area contributed by atoms with Crippen LogP contribution in [0.2, 0.25) is 0 Å². The molecule has 2 aromatic rings. The van der Waals surface area contributed by atoms with Gasteiger partial charge in [-0.15, -0.1) is 0 Å². The number of halogens is 2. The van der Waals surface area contributed by atoms with Crippen LogP contribution in [0.5, 0.6) is 5.75 Å². The molecule has 0 radical (unpaired) electrons. The first-order chi connectivity index (χ1) is 9.22. The van der Waals surface area contributed by atoms with Gasteiger partial charge in [0.15, 0.2) is 0 Å². The molecule has 19 heavy (non-hydrogen) atoms. The van der Waals surface area contributed by atoms with Crippen molar-refractivity contribution in [1.82, 2.24) is 5.43 Å². The number of benzene rings is 2. The van der Waals surface area contributed by atoms with E-state index in [1.165, 1.54) is 0 Å². The van der Waals surface area contributed by atoms with Gasteiger partial charge in [0.05, 0.1) is 10.5 Å². The number of hydrazine groups is 1. The quantitative estimate of drug-likeness (QED) is 0.656. The summed E-state index contributed by atoms with van der Waals surface area (Å²) in [6, 6.07) is 14.0. The highest BCUT2D eigenvalue weighted by atomic mass is 79.9. The minimum atomic E-state index is -0.419. The zero-order valence-corrected chi connectivity index (χ0v) is 11.7. The third-order valence-corrected chi connectivity index (χ3v) is 3.33. The SMILES string of the molecule is NNC(COc1ccccc1)c1cccc(Br)c1F. The van der Waals surface area contributed by atoms with E-state index in [9.17, 15) is 4.39 Å². The van der Waals surface area contributed by atoms with Crippen molar-refractivity contribution in [2.24, 2.45) is 5.84 Å². The first kappa shape index (κ1) is 14.0. The first-order valence-corrected chi connectivity index (χ1v) is 6.59. The van der Waals surface area contributed by atoms with E-state index in [2.05, 4.69) is 21.4 Å². The molecular formula is C14H14BrFN2O. The molecular weight excluding hydrogens is 311 g/mol. The number of nitrogens with one attached hydrogen (secondary N) is 1. The Kier molecular flexibility index (Phi) is 4.90. The molecule has 0 saturated carbocycles. The summed E-state index contributed by atoms with van der Waals surface area (Å²) in [4.78, 5) is 0. The number of rotatable bonds is 5. The normalized spacial score (nSPS) is 12.2. The van der Waals surface area contributed by atoms with Gasteiger partial charge in [0.2, 0.25) is 0 Å². The van der Waals surface area contributed by atoms with E-state index in [-0.39, 0.29) is 12.4 Å². The molecule has 0 aliphatic rings. The maximum atomic E-state index is 14.0. The summed E-state index contributed by atoms with van der Waals surface area (Å²) < 4.78 is 20.0. The van der Waals surface area contributed by atoms with Crippen LogP contribution in [-0.4, -0.2) is 6.61 Å². The lowest BCUT2D eigenvalue weighted by Gasteiger charge is -2.18. The van der Waals surface area contributed by atoms with E-state index in [4.69, 9.17) is 10.6 Å². The maximum absolute atomic E-state index is 14.0. The maximum Gasteiger partial charge on any atom is 0.142 e. The lowest BCUT2D eigenvalue weighted by Crippen LogP contribution is -2.33. The molecule has 0 aromatic heterocycles. The van der Waals surface area contributed by atoms with Gasteiger partial charge in [-0.3, -0.25) is 5.84 Å². The van der Waals surface area contributed by atoms with Crippen LogP contribution in [-0.2, 0) is 0 Å². The molecule has 3 nitrogen and oxygen atoms in total. The van der Waals surface area contributed by atoms with Crippen LogP contribution in [0.3, 0.4) is 0 Å². The highest BCUT2D eigenvalue weighted by Crippen LogP contribution is 2.24. The van der Waals surface area contributed by atoms with Crippen LogP contribution < -0.4 is 16.0 Å². The molecule has 5 heteroatoms. The topological polar surface area (TPSA) is 47.3 Å². The summed E-state index contributed by atoms with van der Waals surface area (Å²) in [5, 5.41) is 0. The molecule has 0 bridgehead atoms. The van der Waals surface area contributed by atoms with Crippen molar-refractivity contribution in [3.8, 4) is 5.75 Å².